The summed E-state index contributed by atoms with van der Waals surface area (Å²) in [6.45, 7) is 13.9. The second-order valence-electron chi connectivity index (χ2n) is 7.80. The van der Waals surface area contributed by atoms with Gasteiger partial charge in [-0.25, -0.2) is 14.6 Å². The summed E-state index contributed by atoms with van der Waals surface area (Å²) in [5.41, 5.74) is 3.14. The minimum Gasteiger partial charge on any atom is -0.444 e. The summed E-state index contributed by atoms with van der Waals surface area (Å²) >= 11 is 0. The Kier molecular flexibility index (Phi) is 5.41. The number of fused-ring (bicyclic) bond motifs is 1. The number of aromatic nitrogens is 3. The number of carbonyl (C=O) groups excluding carboxylic acids is 1. The molecule has 1 amide bonds. The van der Waals surface area contributed by atoms with Gasteiger partial charge >= 0.3 is 6.09 Å². The highest BCUT2D eigenvalue weighted by atomic mass is 16.6. The fourth-order valence-corrected chi connectivity index (χ4v) is 3.09. The molecule has 0 radical (unpaired) electrons. The van der Waals surface area contributed by atoms with Crippen molar-refractivity contribution in [3.05, 3.63) is 59.6 Å². The Hall–Kier alpha value is -3.27. The van der Waals surface area contributed by atoms with E-state index in [9.17, 15) is 4.79 Å². The molecule has 28 heavy (non-hydrogen) atoms. The monoisotopic (exact) mass is 379 g/mol. The average molecular weight is 379 g/mol. The molecule has 3 rings (SSSR count). The summed E-state index contributed by atoms with van der Waals surface area (Å²) in [5.74, 6) is 0. The van der Waals surface area contributed by atoms with Crippen LogP contribution in [0.5, 0.6) is 0 Å². The first-order valence-electron chi connectivity index (χ1n) is 9.18. The minimum absolute atomic E-state index is 0.417. The summed E-state index contributed by atoms with van der Waals surface area (Å²) in [7, 11) is 1.94. The van der Waals surface area contributed by atoms with Crippen LogP contribution >= 0.6 is 0 Å². The number of alkyl carbamates (subject to hydrolysis) is 1. The molecule has 0 saturated carbocycles. The zero-order chi connectivity index (χ0) is 20.3. The molecule has 0 saturated heterocycles. The van der Waals surface area contributed by atoms with Crippen molar-refractivity contribution in [3.8, 4) is 0 Å². The molecule has 3 aromatic rings. The van der Waals surface area contributed by atoms with Gasteiger partial charge in [0.15, 0.2) is 5.69 Å². The molecule has 0 bridgehead atoms. The average Bonchev–Trinajstić information content (AvgIpc) is 3.17. The van der Waals surface area contributed by atoms with E-state index in [4.69, 9.17) is 11.3 Å². The summed E-state index contributed by atoms with van der Waals surface area (Å²) in [6.07, 6.45) is 6.08. The number of imidazole rings is 1. The summed E-state index contributed by atoms with van der Waals surface area (Å²) in [6, 6.07) is 5.70. The number of nitrogens with zero attached hydrogens (tertiary/aromatic N) is 4. The third kappa shape index (κ3) is 4.71. The van der Waals surface area contributed by atoms with Gasteiger partial charge in [0.2, 0.25) is 0 Å². The number of hydrogen-bond donors (Lipinski definition) is 1. The van der Waals surface area contributed by atoms with E-state index in [1.807, 2.05) is 56.8 Å². The maximum Gasteiger partial charge on any atom is 0.407 e. The van der Waals surface area contributed by atoms with Crippen LogP contribution in [0.3, 0.4) is 0 Å². The first kappa shape index (κ1) is 19.5. The Morgan fingerprint density at radius 3 is 2.75 bits per heavy atom. The van der Waals surface area contributed by atoms with E-state index in [0.29, 0.717) is 25.2 Å². The Balaban J connectivity index is 1.80. The standard InChI is InChI=1S/C21H25N5O2/c1-21(2,3)28-20(27)23-9-8-15-11-26(13-17-12-25(5)14-24-17)19-10-16(22-4)6-7-18(15)19/h6-7,10-12,14H,8-9,13H2,1-3,5H3,(H,23,27). The second kappa shape index (κ2) is 7.77. The third-order valence-corrected chi connectivity index (χ3v) is 4.23. The quantitative estimate of drug-likeness (QED) is 0.681. The highest BCUT2D eigenvalue weighted by Crippen LogP contribution is 2.27. The van der Waals surface area contributed by atoms with Crippen LogP contribution in [0.1, 0.15) is 32.0 Å². The Bertz CT molecular complexity index is 1030. The highest BCUT2D eigenvalue weighted by Gasteiger charge is 2.16. The van der Waals surface area contributed by atoms with Gasteiger partial charge in [0.25, 0.3) is 0 Å². The number of benzene rings is 1. The van der Waals surface area contributed by atoms with Gasteiger partial charge in [-0.2, -0.15) is 0 Å². The normalized spacial score (nSPS) is 11.4. The number of ether oxygens (including phenoxy) is 1. The lowest BCUT2D eigenvalue weighted by Crippen LogP contribution is -2.33. The summed E-state index contributed by atoms with van der Waals surface area (Å²) < 4.78 is 9.30. The van der Waals surface area contributed by atoms with Gasteiger partial charge in [-0.3, -0.25) is 0 Å². The van der Waals surface area contributed by atoms with Gasteiger partial charge in [-0.05, 0) is 38.8 Å². The van der Waals surface area contributed by atoms with Crippen molar-refractivity contribution < 1.29 is 9.53 Å². The third-order valence-electron chi connectivity index (χ3n) is 4.23. The zero-order valence-corrected chi connectivity index (χ0v) is 16.7. The fourth-order valence-electron chi connectivity index (χ4n) is 3.09. The molecule has 0 aliphatic rings. The number of carbonyl (C=O) groups is 1. The van der Waals surface area contributed by atoms with Crippen LogP contribution in [0.4, 0.5) is 10.5 Å². The minimum atomic E-state index is -0.515. The Morgan fingerprint density at radius 1 is 1.32 bits per heavy atom. The van der Waals surface area contributed by atoms with Crippen LogP contribution in [0.15, 0.2) is 36.9 Å². The van der Waals surface area contributed by atoms with Crippen molar-refractivity contribution in [1.29, 1.82) is 0 Å². The zero-order valence-electron chi connectivity index (χ0n) is 16.7. The summed E-state index contributed by atoms with van der Waals surface area (Å²) in [4.78, 5) is 19.8. The molecular formula is C21H25N5O2. The molecule has 1 aromatic carbocycles. The van der Waals surface area contributed by atoms with Crippen LogP contribution in [-0.4, -0.2) is 32.4 Å². The van der Waals surface area contributed by atoms with Crippen molar-refractivity contribution in [2.75, 3.05) is 6.54 Å². The molecule has 0 fully saturated rings. The maximum atomic E-state index is 11.9. The van der Waals surface area contributed by atoms with Gasteiger partial charge < -0.3 is 19.2 Å². The van der Waals surface area contributed by atoms with Crippen molar-refractivity contribution in [3.63, 3.8) is 0 Å². The predicted octanol–water partition coefficient (Wildman–Crippen LogP) is 4.04. The smallest absolute Gasteiger partial charge is 0.407 e. The highest BCUT2D eigenvalue weighted by molar-refractivity contribution is 5.87. The van der Waals surface area contributed by atoms with Crippen molar-refractivity contribution in [1.82, 2.24) is 19.4 Å². The molecule has 2 heterocycles. The molecule has 0 atom stereocenters. The molecule has 7 heteroatoms. The van der Waals surface area contributed by atoms with Crippen molar-refractivity contribution >= 4 is 22.7 Å². The molecule has 146 valence electrons. The van der Waals surface area contributed by atoms with Gasteiger partial charge in [-0.15, -0.1) is 0 Å². The molecule has 7 nitrogen and oxygen atoms in total. The van der Waals surface area contributed by atoms with Crippen LogP contribution < -0.4 is 5.32 Å². The lowest BCUT2D eigenvalue weighted by molar-refractivity contribution is 0.0528. The van der Waals surface area contributed by atoms with Gasteiger partial charge in [-0.1, -0.05) is 12.1 Å². The van der Waals surface area contributed by atoms with E-state index in [1.54, 1.807) is 6.33 Å². The lowest BCUT2D eigenvalue weighted by atomic mass is 10.1. The molecule has 0 aliphatic heterocycles. The Morgan fingerprint density at radius 2 is 2.11 bits per heavy atom. The van der Waals surface area contributed by atoms with Crippen molar-refractivity contribution in [2.45, 2.75) is 39.3 Å². The van der Waals surface area contributed by atoms with E-state index in [0.717, 1.165) is 22.2 Å². The lowest BCUT2D eigenvalue weighted by Gasteiger charge is -2.19. The topological polar surface area (TPSA) is 65.4 Å². The van der Waals surface area contributed by atoms with E-state index in [2.05, 4.69) is 25.9 Å². The number of nitrogens with one attached hydrogen (secondary N) is 1. The molecule has 1 N–H and O–H groups in total. The summed E-state index contributed by atoms with van der Waals surface area (Å²) in [5, 5.41) is 3.88. The van der Waals surface area contributed by atoms with E-state index in [1.165, 1.54) is 0 Å². The SMILES string of the molecule is [C-]#[N+]c1ccc2c(CCNC(=O)OC(C)(C)C)cn(Cc3cn(C)cn3)c2c1. The van der Waals surface area contributed by atoms with Crippen LogP contribution in [0.2, 0.25) is 0 Å². The maximum absolute atomic E-state index is 11.9. The number of aryl methyl sites for hydroxylation is 1. The first-order valence-corrected chi connectivity index (χ1v) is 9.18. The molecular weight excluding hydrogens is 354 g/mol. The second-order valence-corrected chi connectivity index (χ2v) is 7.80. The van der Waals surface area contributed by atoms with E-state index >= 15 is 0 Å². The number of amides is 1. The van der Waals surface area contributed by atoms with E-state index in [-0.39, 0.29) is 0 Å². The number of hydrogen-bond acceptors (Lipinski definition) is 3. The molecule has 0 aliphatic carbocycles. The molecule has 0 unspecified atom stereocenters. The van der Waals surface area contributed by atoms with Gasteiger partial charge in [0, 0.05) is 36.9 Å². The fraction of sp³-hybridized carbons (Fsp3) is 0.381. The first-order chi connectivity index (χ1) is 13.2. The van der Waals surface area contributed by atoms with Crippen molar-refractivity contribution in [2.24, 2.45) is 7.05 Å². The molecule has 2 aromatic heterocycles. The van der Waals surface area contributed by atoms with Crippen LogP contribution in [0.25, 0.3) is 15.7 Å². The van der Waals surface area contributed by atoms with Gasteiger partial charge in [0.05, 0.1) is 25.1 Å². The largest absolute Gasteiger partial charge is 0.444 e. The van der Waals surface area contributed by atoms with Gasteiger partial charge in [0.1, 0.15) is 5.60 Å². The predicted molar refractivity (Wildman–Crippen MR) is 108 cm³/mol. The number of rotatable bonds is 5. The van der Waals surface area contributed by atoms with Crippen LogP contribution in [-0.2, 0) is 24.8 Å². The Labute approximate surface area is 164 Å². The molecule has 0 spiro atoms. The van der Waals surface area contributed by atoms with Crippen LogP contribution in [0, 0.1) is 6.57 Å². The van der Waals surface area contributed by atoms with E-state index < -0.39 is 11.7 Å².